The highest BCUT2D eigenvalue weighted by Crippen LogP contribution is 2.48. The van der Waals surface area contributed by atoms with Crippen molar-refractivity contribution < 1.29 is 4.79 Å². The van der Waals surface area contributed by atoms with Gasteiger partial charge >= 0.3 is 0 Å². The van der Waals surface area contributed by atoms with Gasteiger partial charge in [-0.05, 0) is 61.1 Å². The van der Waals surface area contributed by atoms with Gasteiger partial charge in [-0.1, -0.05) is 23.7 Å². The third-order valence-electron chi connectivity index (χ3n) is 5.81. The fraction of sp³-hybridized carbons (Fsp3) is 0.588. The zero-order valence-electron chi connectivity index (χ0n) is 12.4. The van der Waals surface area contributed by atoms with Gasteiger partial charge in [0.05, 0.1) is 12.0 Å². The van der Waals surface area contributed by atoms with Crippen LogP contribution in [-0.4, -0.2) is 11.9 Å². The van der Waals surface area contributed by atoms with Gasteiger partial charge in [-0.25, -0.2) is 0 Å². The van der Waals surface area contributed by atoms with E-state index in [0.29, 0.717) is 11.8 Å². The molecular formula is C17H22Cl2N2O. The van der Waals surface area contributed by atoms with Crippen molar-refractivity contribution in [1.29, 1.82) is 0 Å². The molecule has 5 atom stereocenters. The van der Waals surface area contributed by atoms with Gasteiger partial charge in [0, 0.05) is 11.1 Å². The van der Waals surface area contributed by atoms with Gasteiger partial charge in [0.25, 0.3) is 0 Å². The Bertz CT molecular complexity index is 590. The second-order valence-corrected chi connectivity index (χ2v) is 7.25. The fourth-order valence-corrected chi connectivity index (χ4v) is 5.03. The molecule has 120 valence electrons. The highest BCUT2D eigenvalue weighted by molar-refractivity contribution is 6.31. The van der Waals surface area contributed by atoms with Crippen molar-refractivity contribution in [1.82, 2.24) is 5.32 Å². The molecule has 2 saturated carbocycles. The van der Waals surface area contributed by atoms with Crippen LogP contribution in [0.1, 0.15) is 42.9 Å². The molecule has 22 heavy (non-hydrogen) atoms. The maximum absolute atomic E-state index is 12.7. The van der Waals surface area contributed by atoms with Crippen molar-refractivity contribution in [2.45, 2.75) is 44.2 Å². The molecule has 0 saturated heterocycles. The van der Waals surface area contributed by atoms with Crippen LogP contribution < -0.4 is 11.1 Å². The average Bonchev–Trinajstić information content (AvgIpc) is 3.14. The molecular weight excluding hydrogens is 319 g/mol. The predicted molar refractivity (Wildman–Crippen MR) is 90.2 cm³/mol. The monoisotopic (exact) mass is 340 g/mol. The number of hydrogen-bond donors (Lipinski definition) is 2. The fourth-order valence-electron chi connectivity index (χ4n) is 4.75. The number of fused-ring (bicyclic) bond motifs is 3. The molecule has 4 rings (SSSR count). The Balaban J connectivity index is 0.00000144. The number of rotatable bonds is 2. The summed E-state index contributed by atoms with van der Waals surface area (Å²) in [5.74, 6) is 1.25. The number of carbonyl (C=O) groups is 1. The number of nitrogens with one attached hydrogen (secondary N) is 1. The van der Waals surface area contributed by atoms with Gasteiger partial charge in [-0.15, -0.1) is 12.4 Å². The minimum Gasteiger partial charge on any atom is -0.349 e. The lowest BCUT2D eigenvalue weighted by atomic mass is 9.84. The van der Waals surface area contributed by atoms with Crippen molar-refractivity contribution in [2.24, 2.45) is 23.5 Å². The van der Waals surface area contributed by atoms with E-state index in [1.165, 1.54) is 24.0 Å². The summed E-state index contributed by atoms with van der Waals surface area (Å²) < 4.78 is 0. The summed E-state index contributed by atoms with van der Waals surface area (Å²) in [5.41, 5.74) is 8.66. The Labute approximate surface area is 142 Å². The molecule has 3 N–H and O–H groups in total. The Hall–Kier alpha value is -0.770. The largest absolute Gasteiger partial charge is 0.349 e. The summed E-state index contributed by atoms with van der Waals surface area (Å²) in [6.45, 7) is 0. The highest BCUT2D eigenvalue weighted by Gasteiger charge is 2.49. The molecule has 1 aromatic carbocycles. The number of benzene rings is 1. The molecule has 3 aliphatic rings. The van der Waals surface area contributed by atoms with Crippen LogP contribution >= 0.6 is 24.0 Å². The summed E-state index contributed by atoms with van der Waals surface area (Å²) in [6, 6.07) is 6.15. The van der Waals surface area contributed by atoms with Crippen molar-refractivity contribution in [3.8, 4) is 0 Å². The van der Waals surface area contributed by atoms with Crippen LogP contribution in [-0.2, 0) is 11.2 Å². The van der Waals surface area contributed by atoms with Gasteiger partial charge in [0.1, 0.15) is 0 Å². The van der Waals surface area contributed by atoms with E-state index < -0.39 is 0 Å². The lowest BCUT2D eigenvalue weighted by molar-refractivity contribution is -0.127. The van der Waals surface area contributed by atoms with Crippen molar-refractivity contribution in [2.75, 3.05) is 0 Å². The molecule has 0 aliphatic heterocycles. The molecule has 2 bridgehead atoms. The summed E-state index contributed by atoms with van der Waals surface area (Å²) in [5, 5.41) is 4.06. The smallest absolute Gasteiger partial charge is 0.225 e. The molecule has 0 radical (unpaired) electrons. The first kappa shape index (κ1) is 16.1. The standard InChI is InChI=1S/C17H21ClN2O.ClH/c18-13-3-1-2-12-11(13)6-7-14(12)20-17(21)15-9-4-5-10(8-9)16(15)19;/h1-3,9-10,14-16H,4-8,19H2,(H,20,21);1H. The van der Waals surface area contributed by atoms with Gasteiger partial charge in [0.15, 0.2) is 0 Å². The molecule has 0 aromatic heterocycles. The third kappa shape index (κ3) is 2.44. The van der Waals surface area contributed by atoms with E-state index in [2.05, 4.69) is 11.4 Å². The number of nitrogens with two attached hydrogens (primary N) is 1. The summed E-state index contributed by atoms with van der Waals surface area (Å²) in [4.78, 5) is 12.7. The van der Waals surface area contributed by atoms with Crippen molar-refractivity contribution in [3.63, 3.8) is 0 Å². The molecule has 1 amide bonds. The number of halogens is 2. The third-order valence-corrected chi connectivity index (χ3v) is 6.17. The highest BCUT2D eigenvalue weighted by atomic mass is 35.5. The van der Waals surface area contributed by atoms with Crippen molar-refractivity contribution >= 4 is 29.9 Å². The average molecular weight is 341 g/mol. The van der Waals surface area contributed by atoms with Crippen molar-refractivity contribution in [3.05, 3.63) is 34.3 Å². The maximum Gasteiger partial charge on any atom is 0.225 e. The Morgan fingerprint density at radius 1 is 1.23 bits per heavy atom. The second kappa shape index (κ2) is 6.03. The van der Waals surface area contributed by atoms with Crippen LogP contribution in [0, 0.1) is 17.8 Å². The van der Waals surface area contributed by atoms with E-state index in [-0.39, 0.29) is 36.3 Å². The van der Waals surface area contributed by atoms with E-state index in [1.807, 2.05) is 12.1 Å². The number of carbonyl (C=O) groups excluding carboxylic acids is 1. The van der Waals surface area contributed by atoms with Crippen LogP contribution in [0.25, 0.3) is 0 Å². The zero-order chi connectivity index (χ0) is 14.6. The molecule has 2 fully saturated rings. The predicted octanol–water partition coefficient (Wildman–Crippen LogP) is 3.24. The summed E-state index contributed by atoms with van der Waals surface area (Å²) in [7, 11) is 0. The maximum atomic E-state index is 12.7. The number of hydrogen-bond acceptors (Lipinski definition) is 2. The van der Waals surface area contributed by atoms with E-state index in [1.54, 1.807) is 0 Å². The SMILES string of the molecule is Cl.NC1C2CCC(C2)C1C(=O)NC1CCc2c(Cl)cccc21. The quantitative estimate of drug-likeness (QED) is 0.868. The summed E-state index contributed by atoms with van der Waals surface area (Å²) >= 11 is 6.24. The molecule has 3 nitrogen and oxygen atoms in total. The number of amides is 1. The van der Waals surface area contributed by atoms with Gasteiger partial charge in [-0.2, -0.15) is 0 Å². The van der Waals surface area contributed by atoms with Crippen LogP contribution in [0.3, 0.4) is 0 Å². The van der Waals surface area contributed by atoms with Crippen LogP contribution in [0.2, 0.25) is 5.02 Å². The molecule has 1 aromatic rings. The van der Waals surface area contributed by atoms with Gasteiger partial charge in [0.2, 0.25) is 5.91 Å². The van der Waals surface area contributed by atoms with Gasteiger partial charge < -0.3 is 11.1 Å². The molecule has 0 heterocycles. The van der Waals surface area contributed by atoms with Crippen LogP contribution in [0.5, 0.6) is 0 Å². The molecule has 0 spiro atoms. The summed E-state index contributed by atoms with van der Waals surface area (Å²) in [6.07, 6.45) is 5.41. The van der Waals surface area contributed by atoms with E-state index in [4.69, 9.17) is 17.3 Å². The minimum absolute atomic E-state index is 0. The van der Waals surface area contributed by atoms with Crippen LogP contribution in [0.4, 0.5) is 0 Å². The first-order chi connectivity index (χ1) is 10.1. The van der Waals surface area contributed by atoms with E-state index >= 15 is 0 Å². The van der Waals surface area contributed by atoms with E-state index in [9.17, 15) is 4.79 Å². The van der Waals surface area contributed by atoms with Gasteiger partial charge in [-0.3, -0.25) is 4.79 Å². The molecule has 3 aliphatic carbocycles. The first-order valence-electron chi connectivity index (χ1n) is 7.98. The Morgan fingerprint density at radius 3 is 2.73 bits per heavy atom. The van der Waals surface area contributed by atoms with Crippen LogP contribution in [0.15, 0.2) is 18.2 Å². The normalized spacial score (nSPS) is 35.1. The minimum atomic E-state index is 0. The first-order valence-corrected chi connectivity index (χ1v) is 8.36. The lowest BCUT2D eigenvalue weighted by Gasteiger charge is -2.28. The second-order valence-electron chi connectivity index (χ2n) is 6.84. The molecule has 5 heteroatoms. The zero-order valence-corrected chi connectivity index (χ0v) is 14.0. The molecule has 5 unspecified atom stereocenters. The Kier molecular flexibility index (Phi) is 4.41. The van der Waals surface area contributed by atoms with E-state index in [0.717, 1.165) is 24.3 Å². The lowest BCUT2D eigenvalue weighted by Crippen LogP contribution is -2.45. The topological polar surface area (TPSA) is 55.1 Å². The Morgan fingerprint density at radius 2 is 2.00 bits per heavy atom.